The molecule has 0 aliphatic heterocycles. The highest BCUT2D eigenvalue weighted by Crippen LogP contribution is 2.19. The zero-order valence-corrected chi connectivity index (χ0v) is 11.0. The van der Waals surface area contributed by atoms with Crippen molar-refractivity contribution >= 4 is 23.3 Å². The minimum Gasteiger partial charge on any atom is -0.493 e. The number of carbonyl (C=O) groups excluding carboxylic acids is 1. The molecule has 0 saturated heterocycles. The van der Waals surface area contributed by atoms with Gasteiger partial charge in [-0.15, -0.1) is 0 Å². The molecule has 1 heterocycles. The SMILES string of the molecule is CCOc1ccccc1C(=O)Nc1cnc(Cl)cn1. The molecule has 0 bridgehead atoms. The summed E-state index contributed by atoms with van der Waals surface area (Å²) in [6, 6.07) is 7.00. The largest absolute Gasteiger partial charge is 0.493 e. The Bertz CT molecular complexity index is 572. The molecule has 0 saturated carbocycles. The fourth-order valence-electron chi connectivity index (χ4n) is 1.50. The molecule has 0 fully saturated rings. The van der Waals surface area contributed by atoms with Crippen LogP contribution in [-0.2, 0) is 0 Å². The van der Waals surface area contributed by atoms with E-state index < -0.39 is 0 Å². The van der Waals surface area contributed by atoms with Crippen molar-refractivity contribution in [3.63, 3.8) is 0 Å². The zero-order valence-electron chi connectivity index (χ0n) is 10.3. The maximum atomic E-state index is 12.1. The minimum absolute atomic E-state index is 0.271. The van der Waals surface area contributed by atoms with Crippen LogP contribution in [0.4, 0.5) is 5.82 Å². The number of amides is 1. The summed E-state index contributed by atoms with van der Waals surface area (Å²) >= 11 is 5.63. The Hall–Kier alpha value is -2.14. The van der Waals surface area contributed by atoms with E-state index in [0.29, 0.717) is 23.7 Å². The van der Waals surface area contributed by atoms with E-state index in [1.54, 1.807) is 18.2 Å². The Balaban J connectivity index is 2.18. The number of rotatable bonds is 4. The number of aromatic nitrogens is 2. The minimum atomic E-state index is -0.305. The molecule has 0 radical (unpaired) electrons. The number of carbonyl (C=O) groups is 1. The fraction of sp³-hybridized carbons (Fsp3) is 0.154. The second-order valence-electron chi connectivity index (χ2n) is 3.61. The summed E-state index contributed by atoms with van der Waals surface area (Å²) in [5.41, 5.74) is 0.445. The number of halogens is 1. The summed E-state index contributed by atoms with van der Waals surface area (Å²) in [6.07, 6.45) is 2.76. The maximum absolute atomic E-state index is 12.1. The van der Waals surface area contributed by atoms with Crippen LogP contribution >= 0.6 is 11.6 Å². The van der Waals surface area contributed by atoms with Crippen LogP contribution in [0.1, 0.15) is 17.3 Å². The maximum Gasteiger partial charge on any atom is 0.260 e. The average molecular weight is 278 g/mol. The van der Waals surface area contributed by atoms with Crippen LogP contribution in [0.2, 0.25) is 5.15 Å². The van der Waals surface area contributed by atoms with Crippen LogP contribution in [-0.4, -0.2) is 22.5 Å². The van der Waals surface area contributed by atoms with Crippen molar-refractivity contribution in [1.82, 2.24) is 9.97 Å². The van der Waals surface area contributed by atoms with Crippen molar-refractivity contribution < 1.29 is 9.53 Å². The first kappa shape index (κ1) is 13.3. The topological polar surface area (TPSA) is 64.1 Å². The van der Waals surface area contributed by atoms with E-state index >= 15 is 0 Å². The number of anilines is 1. The first-order chi connectivity index (χ1) is 9.20. The molecule has 0 unspecified atom stereocenters. The molecule has 2 aromatic rings. The average Bonchev–Trinajstić information content (AvgIpc) is 2.42. The van der Waals surface area contributed by atoms with Crippen LogP contribution in [0.25, 0.3) is 0 Å². The van der Waals surface area contributed by atoms with Crippen molar-refractivity contribution in [2.75, 3.05) is 11.9 Å². The predicted octanol–water partition coefficient (Wildman–Crippen LogP) is 2.78. The standard InChI is InChI=1S/C13H12ClN3O2/c1-2-19-10-6-4-3-5-9(10)13(18)17-12-8-15-11(14)7-16-12/h3-8H,2H2,1H3,(H,16,17,18). The van der Waals surface area contributed by atoms with Gasteiger partial charge in [0.1, 0.15) is 10.9 Å². The quantitative estimate of drug-likeness (QED) is 0.933. The van der Waals surface area contributed by atoms with Crippen LogP contribution < -0.4 is 10.1 Å². The van der Waals surface area contributed by atoms with Gasteiger partial charge in [-0.3, -0.25) is 4.79 Å². The molecule has 0 atom stereocenters. The second kappa shape index (κ2) is 6.15. The monoisotopic (exact) mass is 277 g/mol. The lowest BCUT2D eigenvalue weighted by molar-refractivity contribution is 0.102. The van der Waals surface area contributed by atoms with Crippen LogP contribution in [0.5, 0.6) is 5.75 Å². The molecule has 98 valence electrons. The van der Waals surface area contributed by atoms with Crippen LogP contribution in [0.15, 0.2) is 36.7 Å². The third-order valence-electron chi connectivity index (χ3n) is 2.29. The number of para-hydroxylation sites is 1. The molecule has 1 aromatic heterocycles. The summed E-state index contributed by atoms with van der Waals surface area (Å²) in [5.74, 6) is 0.561. The van der Waals surface area contributed by atoms with Crippen molar-refractivity contribution in [2.45, 2.75) is 6.92 Å². The Labute approximate surface area is 115 Å². The highest BCUT2D eigenvalue weighted by Gasteiger charge is 2.12. The van der Waals surface area contributed by atoms with Gasteiger partial charge in [-0.25, -0.2) is 9.97 Å². The van der Waals surface area contributed by atoms with E-state index in [-0.39, 0.29) is 11.1 Å². The summed E-state index contributed by atoms with van der Waals surface area (Å²) < 4.78 is 5.40. The van der Waals surface area contributed by atoms with E-state index in [2.05, 4.69) is 15.3 Å². The first-order valence-electron chi connectivity index (χ1n) is 5.71. The number of nitrogens with zero attached hydrogens (tertiary/aromatic N) is 2. The molecular weight excluding hydrogens is 266 g/mol. The number of hydrogen-bond donors (Lipinski definition) is 1. The van der Waals surface area contributed by atoms with Gasteiger partial charge in [0.2, 0.25) is 0 Å². The van der Waals surface area contributed by atoms with E-state index in [4.69, 9.17) is 16.3 Å². The summed E-state index contributed by atoms with van der Waals surface area (Å²) in [7, 11) is 0. The number of nitrogens with one attached hydrogen (secondary N) is 1. The molecule has 1 amide bonds. The molecular formula is C13H12ClN3O2. The third kappa shape index (κ3) is 3.42. The molecule has 2 rings (SSSR count). The highest BCUT2D eigenvalue weighted by atomic mass is 35.5. The Morgan fingerprint density at radius 3 is 2.79 bits per heavy atom. The summed E-state index contributed by atoms with van der Waals surface area (Å²) in [4.78, 5) is 19.9. The second-order valence-corrected chi connectivity index (χ2v) is 3.99. The molecule has 0 aliphatic rings. The van der Waals surface area contributed by atoms with Crippen LogP contribution in [0, 0.1) is 0 Å². The van der Waals surface area contributed by atoms with Gasteiger partial charge in [0.25, 0.3) is 5.91 Å². The Morgan fingerprint density at radius 2 is 2.11 bits per heavy atom. The zero-order chi connectivity index (χ0) is 13.7. The lowest BCUT2D eigenvalue weighted by Crippen LogP contribution is -2.14. The van der Waals surface area contributed by atoms with Crippen molar-refractivity contribution in [3.8, 4) is 5.75 Å². The molecule has 5 nitrogen and oxygen atoms in total. The Morgan fingerprint density at radius 1 is 1.32 bits per heavy atom. The molecule has 1 N–H and O–H groups in total. The van der Waals surface area contributed by atoms with Gasteiger partial charge in [-0.1, -0.05) is 23.7 Å². The lowest BCUT2D eigenvalue weighted by atomic mass is 10.2. The molecule has 0 spiro atoms. The van der Waals surface area contributed by atoms with Gasteiger partial charge in [-0.05, 0) is 19.1 Å². The molecule has 0 aliphatic carbocycles. The summed E-state index contributed by atoms with van der Waals surface area (Å²) in [5, 5.41) is 2.90. The normalized spacial score (nSPS) is 10.0. The molecule has 6 heteroatoms. The molecule has 1 aromatic carbocycles. The van der Waals surface area contributed by atoms with Crippen LogP contribution in [0.3, 0.4) is 0 Å². The lowest BCUT2D eigenvalue weighted by Gasteiger charge is -2.09. The van der Waals surface area contributed by atoms with Gasteiger partial charge in [0.05, 0.1) is 24.6 Å². The predicted molar refractivity (Wildman–Crippen MR) is 72.6 cm³/mol. The van der Waals surface area contributed by atoms with E-state index in [1.165, 1.54) is 12.4 Å². The smallest absolute Gasteiger partial charge is 0.260 e. The number of benzene rings is 1. The first-order valence-corrected chi connectivity index (χ1v) is 6.09. The Kier molecular flexibility index (Phi) is 4.30. The van der Waals surface area contributed by atoms with Gasteiger partial charge in [0, 0.05) is 0 Å². The number of ether oxygens (including phenoxy) is 1. The third-order valence-corrected chi connectivity index (χ3v) is 2.49. The van der Waals surface area contributed by atoms with E-state index in [9.17, 15) is 4.79 Å². The summed E-state index contributed by atoms with van der Waals surface area (Å²) in [6.45, 7) is 2.35. The molecule has 19 heavy (non-hydrogen) atoms. The van der Waals surface area contributed by atoms with Crippen molar-refractivity contribution in [2.24, 2.45) is 0 Å². The fourth-order valence-corrected chi connectivity index (χ4v) is 1.59. The van der Waals surface area contributed by atoms with Crippen molar-refractivity contribution in [1.29, 1.82) is 0 Å². The van der Waals surface area contributed by atoms with E-state index in [1.807, 2.05) is 13.0 Å². The highest BCUT2D eigenvalue weighted by molar-refractivity contribution is 6.29. The van der Waals surface area contributed by atoms with Crippen molar-refractivity contribution in [3.05, 3.63) is 47.4 Å². The van der Waals surface area contributed by atoms with Gasteiger partial charge >= 0.3 is 0 Å². The van der Waals surface area contributed by atoms with Gasteiger partial charge in [-0.2, -0.15) is 0 Å². The van der Waals surface area contributed by atoms with Gasteiger partial charge < -0.3 is 10.1 Å². The van der Waals surface area contributed by atoms with E-state index in [0.717, 1.165) is 0 Å². The van der Waals surface area contributed by atoms with Gasteiger partial charge in [0.15, 0.2) is 5.82 Å². The number of hydrogen-bond acceptors (Lipinski definition) is 4.